The van der Waals surface area contributed by atoms with Crippen molar-refractivity contribution in [3.63, 3.8) is 0 Å². The molecule has 0 heterocycles. The summed E-state index contributed by atoms with van der Waals surface area (Å²) in [7, 11) is -3.04. The zero-order chi connectivity index (χ0) is 11.5. The summed E-state index contributed by atoms with van der Waals surface area (Å²) in [6.45, 7) is 5.01. The first-order valence-corrected chi connectivity index (χ1v) is 7.71. The highest BCUT2D eigenvalue weighted by Gasteiger charge is 2.40. The lowest BCUT2D eigenvalue weighted by molar-refractivity contribution is 0.244. The van der Waals surface area contributed by atoms with E-state index in [1.165, 1.54) is 31.9 Å². The second-order valence-corrected chi connectivity index (χ2v) is 6.96. The third-order valence-electron chi connectivity index (χ3n) is 3.40. The van der Waals surface area contributed by atoms with Crippen LogP contribution in [0.5, 0.6) is 0 Å². The van der Waals surface area contributed by atoms with E-state index >= 15 is 0 Å². The maximum absolute atomic E-state index is 11.1. The van der Waals surface area contributed by atoms with Crippen LogP contribution in [0.1, 0.15) is 46.0 Å². The first-order valence-electron chi connectivity index (χ1n) is 5.82. The second-order valence-electron chi connectivity index (χ2n) is 5.13. The standard InChI is InChI=1S/C11H23NO2S/c1-4-5-8-11(2,10-6-7-10)9-12-15(3,13)14/h10,12H,4-9H2,1-3H3. The predicted octanol–water partition coefficient (Wildman–Crippen LogP) is 2.14. The Morgan fingerprint density at radius 1 is 1.40 bits per heavy atom. The van der Waals surface area contributed by atoms with E-state index in [0.717, 1.165) is 12.3 Å². The average molecular weight is 233 g/mol. The fourth-order valence-corrected chi connectivity index (χ4v) is 2.69. The number of hydrogen-bond donors (Lipinski definition) is 1. The Kier molecular flexibility index (Phi) is 4.18. The lowest BCUT2D eigenvalue weighted by Crippen LogP contribution is -2.36. The van der Waals surface area contributed by atoms with E-state index < -0.39 is 10.0 Å². The molecule has 0 radical (unpaired) electrons. The summed E-state index contributed by atoms with van der Waals surface area (Å²) in [5.41, 5.74) is 0.180. The van der Waals surface area contributed by atoms with Gasteiger partial charge in [-0.3, -0.25) is 0 Å². The number of hydrogen-bond acceptors (Lipinski definition) is 2. The minimum Gasteiger partial charge on any atom is -0.215 e. The second kappa shape index (κ2) is 4.83. The van der Waals surface area contributed by atoms with Crippen molar-refractivity contribution < 1.29 is 8.42 Å². The van der Waals surface area contributed by atoms with E-state index in [9.17, 15) is 8.42 Å². The van der Waals surface area contributed by atoms with Crippen LogP contribution in [0, 0.1) is 11.3 Å². The molecule has 90 valence electrons. The Labute approximate surface area is 93.7 Å². The highest BCUT2D eigenvalue weighted by Crippen LogP contribution is 2.48. The Bertz CT molecular complexity index is 296. The van der Waals surface area contributed by atoms with Crippen LogP contribution in [0.3, 0.4) is 0 Å². The van der Waals surface area contributed by atoms with Gasteiger partial charge < -0.3 is 0 Å². The fraction of sp³-hybridized carbons (Fsp3) is 1.00. The molecule has 0 amide bonds. The van der Waals surface area contributed by atoms with E-state index in [-0.39, 0.29) is 5.41 Å². The van der Waals surface area contributed by atoms with Crippen LogP contribution in [-0.4, -0.2) is 21.2 Å². The molecule has 4 heteroatoms. The van der Waals surface area contributed by atoms with E-state index in [0.29, 0.717) is 6.54 Å². The van der Waals surface area contributed by atoms with Crippen LogP contribution < -0.4 is 4.72 Å². The van der Waals surface area contributed by atoms with Gasteiger partial charge in [0.2, 0.25) is 10.0 Å². The van der Waals surface area contributed by atoms with Crippen LogP contribution in [0.25, 0.3) is 0 Å². The molecule has 0 spiro atoms. The van der Waals surface area contributed by atoms with Crippen molar-refractivity contribution in [2.24, 2.45) is 11.3 Å². The summed E-state index contributed by atoms with van der Waals surface area (Å²) in [6.07, 6.45) is 7.29. The van der Waals surface area contributed by atoms with Crippen molar-refractivity contribution in [3.8, 4) is 0 Å². The van der Waals surface area contributed by atoms with E-state index in [2.05, 4.69) is 18.6 Å². The average Bonchev–Trinajstić information content (AvgIpc) is 2.93. The normalized spacial score (nSPS) is 21.3. The van der Waals surface area contributed by atoms with Crippen molar-refractivity contribution in [2.45, 2.75) is 46.0 Å². The molecule has 0 aliphatic heterocycles. The lowest BCUT2D eigenvalue weighted by atomic mass is 9.80. The number of unbranched alkanes of at least 4 members (excludes halogenated alkanes) is 1. The van der Waals surface area contributed by atoms with Gasteiger partial charge in [-0.05, 0) is 30.6 Å². The predicted molar refractivity (Wildman–Crippen MR) is 63.2 cm³/mol. The van der Waals surface area contributed by atoms with Gasteiger partial charge in [-0.25, -0.2) is 13.1 Å². The van der Waals surface area contributed by atoms with Crippen molar-refractivity contribution in [2.75, 3.05) is 12.8 Å². The summed E-state index contributed by atoms with van der Waals surface area (Å²) in [6, 6.07) is 0. The molecule has 15 heavy (non-hydrogen) atoms. The molecule has 1 N–H and O–H groups in total. The maximum atomic E-state index is 11.1. The molecular formula is C11H23NO2S. The minimum atomic E-state index is -3.04. The molecule has 0 aromatic heterocycles. The van der Waals surface area contributed by atoms with E-state index in [1.807, 2.05) is 0 Å². The largest absolute Gasteiger partial charge is 0.215 e. The van der Waals surface area contributed by atoms with Crippen LogP contribution in [0.2, 0.25) is 0 Å². The third kappa shape index (κ3) is 4.51. The van der Waals surface area contributed by atoms with Gasteiger partial charge in [0.15, 0.2) is 0 Å². The zero-order valence-electron chi connectivity index (χ0n) is 10.0. The molecule has 1 unspecified atom stereocenters. The molecule has 0 bridgehead atoms. The molecule has 1 fully saturated rings. The molecule has 1 aliphatic carbocycles. The molecular weight excluding hydrogens is 210 g/mol. The van der Waals surface area contributed by atoms with Gasteiger partial charge in [-0.2, -0.15) is 0 Å². The van der Waals surface area contributed by atoms with Crippen molar-refractivity contribution in [3.05, 3.63) is 0 Å². The van der Waals surface area contributed by atoms with Crippen molar-refractivity contribution in [1.29, 1.82) is 0 Å². The topological polar surface area (TPSA) is 46.2 Å². The fourth-order valence-electron chi connectivity index (χ4n) is 2.09. The quantitative estimate of drug-likeness (QED) is 0.732. The SMILES string of the molecule is CCCCC(C)(CNS(C)(=O)=O)C1CC1. The first kappa shape index (κ1) is 13.0. The van der Waals surface area contributed by atoms with Gasteiger partial charge in [0.05, 0.1) is 6.26 Å². The van der Waals surface area contributed by atoms with E-state index in [4.69, 9.17) is 0 Å². The van der Waals surface area contributed by atoms with Gasteiger partial charge >= 0.3 is 0 Å². The monoisotopic (exact) mass is 233 g/mol. The molecule has 1 aliphatic rings. The molecule has 1 saturated carbocycles. The van der Waals surface area contributed by atoms with Gasteiger partial charge in [-0.15, -0.1) is 0 Å². The maximum Gasteiger partial charge on any atom is 0.208 e. The number of nitrogens with one attached hydrogen (secondary N) is 1. The molecule has 3 nitrogen and oxygen atoms in total. The molecule has 0 aromatic carbocycles. The Hall–Kier alpha value is -0.0900. The van der Waals surface area contributed by atoms with Gasteiger partial charge in [0, 0.05) is 6.54 Å². The molecule has 0 aromatic rings. The number of sulfonamides is 1. The Morgan fingerprint density at radius 2 is 2.00 bits per heavy atom. The van der Waals surface area contributed by atoms with Crippen LogP contribution in [-0.2, 0) is 10.0 Å². The highest BCUT2D eigenvalue weighted by atomic mass is 32.2. The summed E-state index contributed by atoms with van der Waals surface area (Å²) < 4.78 is 24.8. The Morgan fingerprint density at radius 3 is 2.40 bits per heavy atom. The van der Waals surface area contributed by atoms with Gasteiger partial charge in [0.1, 0.15) is 0 Å². The van der Waals surface area contributed by atoms with Crippen molar-refractivity contribution >= 4 is 10.0 Å². The lowest BCUT2D eigenvalue weighted by Gasteiger charge is -2.29. The van der Waals surface area contributed by atoms with Crippen molar-refractivity contribution in [1.82, 2.24) is 4.72 Å². The van der Waals surface area contributed by atoms with Crippen LogP contribution in [0.15, 0.2) is 0 Å². The molecule has 1 atom stereocenters. The van der Waals surface area contributed by atoms with Gasteiger partial charge in [0.25, 0.3) is 0 Å². The number of rotatable bonds is 7. The molecule has 1 rings (SSSR count). The van der Waals surface area contributed by atoms with Crippen LogP contribution in [0.4, 0.5) is 0 Å². The zero-order valence-corrected chi connectivity index (χ0v) is 10.9. The third-order valence-corrected chi connectivity index (χ3v) is 4.07. The van der Waals surface area contributed by atoms with Gasteiger partial charge in [-0.1, -0.05) is 26.7 Å². The smallest absolute Gasteiger partial charge is 0.208 e. The molecule has 0 saturated heterocycles. The minimum absolute atomic E-state index is 0.180. The summed E-state index contributed by atoms with van der Waals surface area (Å²) in [4.78, 5) is 0. The summed E-state index contributed by atoms with van der Waals surface area (Å²) >= 11 is 0. The summed E-state index contributed by atoms with van der Waals surface area (Å²) in [5, 5.41) is 0. The summed E-state index contributed by atoms with van der Waals surface area (Å²) in [5.74, 6) is 0.735. The van der Waals surface area contributed by atoms with E-state index in [1.54, 1.807) is 0 Å². The van der Waals surface area contributed by atoms with Crippen LogP contribution >= 0.6 is 0 Å². The highest BCUT2D eigenvalue weighted by molar-refractivity contribution is 7.88. The first-order chi connectivity index (χ1) is 6.87. The Balaban J connectivity index is 2.49.